The van der Waals surface area contributed by atoms with Crippen LogP contribution in [0.15, 0.2) is 255 Å². The lowest BCUT2D eigenvalue weighted by molar-refractivity contribution is -0.938. The number of benzene rings is 9. The van der Waals surface area contributed by atoms with E-state index in [1.807, 2.05) is 182 Å². The third-order valence-corrected chi connectivity index (χ3v) is 23.1. The molecule has 0 aromatic heterocycles. The molecule has 22 nitrogen and oxygen atoms in total. The largest absolute Gasteiger partial charge is 1.00 e. The summed E-state index contributed by atoms with van der Waals surface area (Å²) >= 11 is 3.06. The predicted octanol–water partition coefficient (Wildman–Crippen LogP) is 8.82. The number of nitrogens with zero attached hydrogens (tertiary/aromatic N) is 3. The van der Waals surface area contributed by atoms with Gasteiger partial charge in [-0.3, -0.25) is 24.1 Å². The molecule has 18 rings (SSSR count). The first-order valence-electron chi connectivity index (χ1n) is 39.5. The molecule has 9 heterocycles. The van der Waals surface area contributed by atoms with E-state index in [9.17, 15) is 47.1 Å². The normalized spacial score (nSPS) is 21.5. The Morgan fingerprint density at radius 3 is 1.03 bits per heavy atom. The second kappa shape index (κ2) is 44.7. The molecule has 9 saturated heterocycles. The van der Waals surface area contributed by atoms with Crippen LogP contribution < -0.4 is 54.1 Å². The molecule has 0 saturated carbocycles. The van der Waals surface area contributed by atoms with Crippen molar-refractivity contribution < 1.29 is 118 Å². The number of phenolic OH excluding ortho intramolecular Hbond substituents is 2. The van der Waals surface area contributed by atoms with Gasteiger partial charge in [0.05, 0.1) is 44.4 Å². The number of phenols is 2. The quantitative estimate of drug-likeness (QED) is 0.00845. The van der Waals surface area contributed by atoms with Crippen LogP contribution in [0.4, 0.5) is 17.1 Å². The highest BCUT2D eigenvalue weighted by molar-refractivity contribution is 9.09. The van der Waals surface area contributed by atoms with Crippen LogP contribution in [0.1, 0.15) is 118 Å². The van der Waals surface area contributed by atoms with Crippen LogP contribution in [0.2, 0.25) is 0 Å². The minimum Gasteiger partial charge on any atom is -1.00 e. The Morgan fingerprint density at radius 2 is 0.746 bits per heavy atom. The summed E-state index contributed by atoms with van der Waals surface area (Å²) < 4.78 is 51.6. The van der Waals surface area contributed by atoms with Crippen LogP contribution in [0.5, 0.6) is 17.2 Å². The summed E-state index contributed by atoms with van der Waals surface area (Å²) in [7, 11) is -3.63. The second-order valence-corrected chi connectivity index (χ2v) is 32.4. The van der Waals surface area contributed by atoms with Gasteiger partial charge in [-0.05, 0) is 165 Å². The molecule has 6 atom stereocenters. The Balaban J connectivity index is 0.000000184. The molecule has 9 fully saturated rings. The van der Waals surface area contributed by atoms with E-state index >= 15 is 0 Å². The third-order valence-electron chi connectivity index (χ3n) is 22.1. The number of halogens is 3. The van der Waals surface area contributed by atoms with Gasteiger partial charge >= 0.3 is 34.0 Å². The van der Waals surface area contributed by atoms with Crippen molar-refractivity contribution in [3.63, 3.8) is 0 Å². The fraction of sp³-hybridized carbons (Fsp3) is 0.337. The van der Waals surface area contributed by atoms with Crippen LogP contribution in [0, 0.1) is 17.8 Å². The first-order valence-corrected chi connectivity index (χ1v) is 42.5. The summed E-state index contributed by atoms with van der Waals surface area (Å²) in [5.74, 6) is 0.662. The zero-order chi connectivity index (χ0) is 82.0. The van der Waals surface area contributed by atoms with Crippen LogP contribution in [0.25, 0.3) is 0 Å². The maximum atomic E-state index is 13.6. The molecule has 9 aromatic rings. The second-order valence-electron chi connectivity index (χ2n) is 30.3. The number of piperidine rings is 9. The van der Waals surface area contributed by atoms with Crippen molar-refractivity contribution in [2.45, 2.75) is 88.8 Å². The molecule has 0 radical (unpaired) electrons. The average molecular weight is 1820 g/mol. The van der Waals surface area contributed by atoms with E-state index in [2.05, 4.69) is 41.5 Å². The van der Waals surface area contributed by atoms with E-state index in [-0.39, 0.29) is 117 Å². The van der Waals surface area contributed by atoms with Crippen LogP contribution in [-0.4, -0.2) is 182 Å². The van der Waals surface area contributed by atoms with Crippen molar-refractivity contribution in [1.82, 2.24) is 4.90 Å². The van der Waals surface area contributed by atoms with E-state index in [4.69, 9.17) is 23.5 Å². The number of hydrogen-bond donors (Lipinski definition) is 5. The monoisotopic (exact) mass is 1820 g/mol. The number of carbonyl (C=O) groups excluding carboxylic acids is 7. The maximum Gasteiger partial charge on any atom is 0.333 e. The van der Waals surface area contributed by atoms with E-state index in [1.54, 1.807) is 55.5 Å². The highest BCUT2D eigenvalue weighted by atomic mass is 79.9. The number of anilines is 3. The Kier molecular flexibility index (Phi) is 34.8. The van der Waals surface area contributed by atoms with E-state index < -0.39 is 28.2 Å². The molecule has 9 aliphatic rings. The Labute approximate surface area is 720 Å². The van der Waals surface area contributed by atoms with E-state index in [1.165, 1.54) is 31.2 Å². The molecule has 0 aliphatic carbocycles. The lowest BCUT2D eigenvalue weighted by Crippen LogP contribution is -3.00. The highest BCUT2D eigenvalue weighted by Crippen LogP contribution is 2.40. The number of para-hydroxylation sites is 3. The molecule has 9 aliphatic heterocycles. The number of quaternary nitrogens is 2. The van der Waals surface area contributed by atoms with Crippen molar-refractivity contribution in [3.8, 4) is 17.2 Å². The molecule has 0 amide bonds. The molecule has 118 heavy (non-hydrogen) atoms. The van der Waals surface area contributed by atoms with E-state index in [0.717, 1.165) is 124 Å². The van der Waals surface area contributed by atoms with Gasteiger partial charge in [0.1, 0.15) is 49.5 Å². The zero-order valence-corrected chi connectivity index (χ0v) is 71.9. The van der Waals surface area contributed by atoms with Gasteiger partial charge in [-0.25, -0.2) is 14.4 Å². The summed E-state index contributed by atoms with van der Waals surface area (Å²) in [4.78, 5) is 89.5. The SMILES string of the molecule is CCOC(C)=O.CS(=O)(=O)Oc1ccc(C(=O)C[N+]23CCC(CC2)[C@@H](OC(=O)[C@H](Nc2ccccc2)c2ccccc2)C3)cc1.O=C(CBr)c1ccc(O)cc1.O=C(C[N+]12CCC(CC1)[C@@H](OC(=O)[C@H](Nc1ccccc1)c1ccccc1)C2)c1ccc(O)cc1.O=C(O[C@H]1CN2CCC1CC2)[C@H](Nc1ccccc1)c1ccccc1.[Br-].[Br-]. The van der Waals surface area contributed by atoms with Gasteiger partial charge in [-0.2, -0.15) is 8.42 Å². The van der Waals surface area contributed by atoms with Crippen LogP contribution >= 0.6 is 15.9 Å². The smallest absolute Gasteiger partial charge is 0.333 e. The molecule has 0 spiro atoms. The molecular formula is C92H103Br3N6O16S. The summed E-state index contributed by atoms with van der Waals surface area (Å²) in [6.45, 7) is 12.3. The number of ether oxygens (including phenoxy) is 4. The van der Waals surface area contributed by atoms with Gasteiger partial charge in [0.2, 0.25) is 11.6 Å². The summed E-state index contributed by atoms with van der Waals surface area (Å²) in [6.07, 6.45) is 6.50. The van der Waals surface area contributed by atoms with Crippen LogP contribution in [0.3, 0.4) is 0 Å². The number of esters is 4. The van der Waals surface area contributed by atoms with Gasteiger partial charge in [-0.1, -0.05) is 162 Å². The van der Waals surface area contributed by atoms with Crippen molar-refractivity contribution in [2.24, 2.45) is 17.8 Å². The number of nitrogens with one attached hydrogen (secondary N) is 3. The molecular weight excluding hydrogens is 1720 g/mol. The first kappa shape index (κ1) is 91.8. The lowest BCUT2D eigenvalue weighted by Gasteiger charge is -2.51. The van der Waals surface area contributed by atoms with Crippen molar-refractivity contribution in [2.75, 3.05) is 106 Å². The van der Waals surface area contributed by atoms with Gasteiger partial charge < -0.3 is 92.2 Å². The number of hydrogen-bond acceptors (Lipinski definition) is 20. The minimum absolute atomic E-state index is 0. The van der Waals surface area contributed by atoms with Crippen molar-refractivity contribution in [1.29, 1.82) is 0 Å². The first-order chi connectivity index (χ1) is 56.0. The number of aromatic hydroxyl groups is 2. The molecule has 9 aromatic carbocycles. The van der Waals surface area contributed by atoms with Gasteiger partial charge in [0.15, 0.2) is 36.1 Å². The number of rotatable bonds is 26. The fourth-order valence-corrected chi connectivity index (χ4v) is 16.7. The summed E-state index contributed by atoms with van der Waals surface area (Å²) in [5.41, 5.74) is 6.94. The molecule has 5 N–H and O–H groups in total. The number of carbonyl (C=O) groups is 7. The molecule has 26 heteroatoms. The fourth-order valence-electron chi connectivity index (χ4n) is 16.0. The van der Waals surface area contributed by atoms with E-state index in [0.29, 0.717) is 75.6 Å². The highest BCUT2D eigenvalue weighted by Gasteiger charge is 2.51. The third kappa shape index (κ3) is 27.0. The predicted molar refractivity (Wildman–Crippen MR) is 449 cm³/mol. The minimum atomic E-state index is -3.63. The van der Waals surface area contributed by atoms with Crippen LogP contribution in [-0.2, 0) is 48.2 Å². The van der Waals surface area contributed by atoms with Crippen molar-refractivity contribution in [3.05, 3.63) is 288 Å². The zero-order valence-electron chi connectivity index (χ0n) is 66.4. The molecule has 6 bridgehead atoms. The van der Waals surface area contributed by atoms with Gasteiger partial charge in [-0.15, -0.1) is 0 Å². The van der Waals surface area contributed by atoms with Gasteiger partial charge in [0, 0.05) is 84.7 Å². The Hall–Kier alpha value is -10.1. The molecule has 624 valence electrons. The maximum absolute atomic E-state index is 13.6. The topological polar surface area (TPSA) is 280 Å². The Morgan fingerprint density at radius 1 is 0.441 bits per heavy atom. The number of fused-ring (bicyclic) bond motifs is 9. The van der Waals surface area contributed by atoms with Crippen molar-refractivity contribution >= 4 is 84.3 Å². The Bertz CT molecular complexity index is 4780. The average Bonchev–Trinajstić information content (AvgIpc) is 0.770. The molecule has 0 unspecified atom stereocenters. The summed E-state index contributed by atoms with van der Waals surface area (Å²) in [6, 6.07) is 75.2. The lowest BCUT2D eigenvalue weighted by atomic mass is 9.82. The van der Waals surface area contributed by atoms with Gasteiger partial charge in [0.25, 0.3) is 0 Å². The summed E-state index contributed by atoms with van der Waals surface area (Å²) in [5, 5.41) is 28.8. The number of Topliss-reactive ketones (excluding diaryl/α,β-unsaturated/α-hetero) is 3. The number of ketones is 3. The number of alkyl halides is 1. The standard InChI is InChI=1S/C30H33N2O6S.C29H30N2O4.C21H24N2O2.C8H7BrO2.C4H8O2.2BrH/c1-39(35,36)38-26-14-12-22(13-15-26)27(33)20-32-18-16-23(17-19-32)28(21-32)37-30(34)29(24-8-4-2-5-9-24)31-25-10-6-3-7-11-25;32-25-13-11-21(12-14-25)26(33)19-31-17-15-22(16-18-31)27(20-31)35-29(34)28(23-7-3-1-4-8-23)30-24-9-5-2-6-10-24;24-21(25-19-15-23-13-11-16(19)12-14-23)20(17-7-3-1-4-8-17)22-18-9-5-2-6-10-18;9-5-8(11)6-1-3-7(10)4-2-6;1-3-6-4(2)5;;/h2-15,23,28-29,31H,16-21H2,1H3;1-14,22,27-28,30H,15-20H2;1-10,16,19-20,22H,11-15H2;1-4,10H,5H2;3H2,1-2H3;2*1H/q+1;;;;;;/p-1/t23?,28-,29+,32?;22?,27-,28+,31?;19-,20+;;;;/m000..../s1.